The Morgan fingerprint density at radius 3 is 2.32 bits per heavy atom. The van der Waals surface area contributed by atoms with Crippen LogP contribution in [-0.4, -0.2) is 20.1 Å². The molecule has 0 radical (unpaired) electrons. The predicted molar refractivity (Wildman–Crippen MR) is 118 cm³/mol. The van der Waals surface area contributed by atoms with E-state index in [0.29, 0.717) is 0 Å². The second-order valence-corrected chi connectivity index (χ2v) is 8.36. The Kier molecular flexibility index (Phi) is 6.04. The van der Waals surface area contributed by atoms with E-state index >= 15 is 0 Å². The molecule has 0 bridgehead atoms. The smallest absolute Gasteiger partial charge is 0.170 e. The molecule has 1 aromatic heterocycles. The van der Waals surface area contributed by atoms with Crippen LogP contribution in [0.1, 0.15) is 56.6 Å². The number of anilines is 3. The lowest BCUT2D eigenvalue weighted by Crippen LogP contribution is -2.35. The third-order valence-electron chi connectivity index (χ3n) is 6.16. The molecule has 150 valence electrons. The maximum Gasteiger partial charge on any atom is 0.170 e. The van der Waals surface area contributed by atoms with E-state index < -0.39 is 0 Å². The predicted octanol–water partition coefficient (Wildman–Crippen LogP) is 4.72. The average molecular weight is 380 g/mol. The molecular weight excluding hydrogens is 344 g/mol. The lowest BCUT2D eigenvalue weighted by atomic mass is 9.91. The summed E-state index contributed by atoms with van der Waals surface area (Å²) in [5, 5.41) is 2.14. The van der Waals surface area contributed by atoms with Crippen LogP contribution in [0.15, 0.2) is 36.7 Å². The van der Waals surface area contributed by atoms with Gasteiger partial charge in [-0.1, -0.05) is 19.8 Å². The van der Waals surface area contributed by atoms with Crippen molar-refractivity contribution in [2.24, 2.45) is 0 Å². The number of nitrogens with one attached hydrogen (secondary N) is 1. The maximum absolute atomic E-state index is 3.61. The molecule has 2 aliphatic rings. The standard InChI is InChI=1S/C24H35N4/c1-3-4-5-6-13-27-16-11-23(12-17-27)26(2)25-22-18-20-9-7-14-28-15-8-10-21(19-22)24(20)28/h11-12,16-19,25H,3-10,13-15H2,1-2H3/q+1. The van der Waals surface area contributed by atoms with E-state index in [1.54, 1.807) is 0 Å². The molecule has 2 aliphatic heterocycles. The largest absolute Gasteiger partial charge is 0.371 e. The van der Waals surface area contributed by atoms with Crippen LogP contribution in [0.4, 0.5) is 17.1 Å². The summed E-state index contributed by atoms with van der Waals surface area (Å²) in [6.07, 6.45) is 14.6. The van der Waals surface area contributed by atoms with Crippen molar-refractivity contribution in [1.82, 2.24) is 0 Å². The van der Waals surface area contributed by atoms with E-state index in [4.69, 9.17) is 0 Å². The number of hydrogen-bond donors (Lipinski definition) is 1. The van der Waals surface area contributed by atoms with Gasteiger partial charge in [-0.25, -0.2) is 4.57 Å². The number of rotatable bonds is 8. The minimum absolute atomic E-state index is 1.11. The molecule has 1 N–H and O–H groups in total. The van der Waals surface area contributed by atoms with Crippen molar-refractivity contribution in [3.05, 3.63) is 47.8 Å². The van der Waals surface area contributed by atoms with E-state index in [1.165, 1.54) is 92.6 Å². The molecule has 0 unspecified atom stereocenters. The van der Waals surface area contributed by atoms with E-state index in [0.717, 1.165) is 6.54 Å². The molecule has 0 saturated heterocycles. The monoisotopic (exact) mass is 379 g/mol. The Labute approximate surface area is 170 Å². The van der Waals surface area contributed by atoms with Crippen molar-refractivity contribution in [2.45, 2.75) is 64.8 Å². The van der Waals surface area contributed by atoms with E-state index in [1.807, 2.05) is 0 Å². The molecular formula is C24H35N4+. The highest BCUT2D eigenvalue weighted by Crippen LogP contribution is 2.37. The fourth-order valence-corrected chi connectivity index (χ4v) is 4.67. The van der Waals surface area contributed by atoms with Crippen molar-refractivity contribution in [3.8, 4) is 0 Å². The van der Waals surface area contributed by atoms with Crippen molar-refractivity contribution in [3.63, 3.8) is 0 Å². The summed E-state index contributed by atoms with van der Waals surface area (Å²) in [5.41, 5.74) is 10.6. The van der Waals surface area contributed by atoms with Gasteiger partial charge >= 0.3 is 0 Å². The van der Waals surface area contributed by atoms with Gasteiger partial charge in [-0.2, -0.15) is 0 Å². The van der Waals surface area contributed by atoms with Gasteiger partial charge in [0.25, 0.3) is 0 Å². The molecule has 0 atom stereocenters. The topological polar surface area (TPSA) is 22.4 Å². The van der Waals surface area contributed by atoms with Crippen LogP contribution in [0.3, 0.4) is 0 Å². The minimum atomic E-state index is 1.11. The first-order valence-corrected chi connectivity index (χ1v) is 11.1. The van der Waals surface area contributed by atoms with Crippen LogP contribution >= 0.6 is 0 Å². The van der Waals surface area contributed by atoms with Crippen LogP contribution in [0, 0.1) is 0 Å². The zero-order valence-corrected chi connectivity index (χ0v) is 17.6. The van der Waals surface area contributed by atoms with Crippen LogP contribution < -0.4 is 19.9 Å². The molecule has 0 amide bonds. The van der Waals surface area contributed by atoms with Gasteiger partial charge in [-0.3, -0.25) is 10.4 Å². The van der Waals surface area contributed by atoms with Crippen molar-refractivity contribution < 1.29 is 4.57 Å². The molecule has 0 fully saturated rings. The summed E-state index contributed by atoms with van der Waals surface area (Å²) in [7, 11) is 2.11. The first kappa shape index (κ1) is 19.1. The molecule has 4 nitrogen and oxygen atoms in total. The van der Waals surface area contributed by atoms with Crippen LogP contribution in [0.2, 0.25) is 0 Å². The number of hydrogen-bond acceptors (Lipinski definition) is 3. The van der Waals surface area contributed by atoms with Gasteiger partial charge in [-0.05, 0) is 55.4 Å². The third kappa shape index (κ3) is 4.26. The number of aryl methyl sites for hydroxylation is 3. The normalized spacial score (nSPS) is 15.3. The zero-order chi connectivity index (χ0) is 19.3. The van der Waals surface area contributed by atoms with Crippen LogP contribution in [-0.2, 0) is 19.4 Å². The molecule has 4 rings (SSSR count). The Morgan fingerprint density at radius 2 is 1.68 bits per heavy atom. The number of aromatic nitrogens is 1. The summed E-state index contributed by atoms with van der Waals surface area (Å²) in [5.74, 6) is 0. The average Bonchev–Trinajstić information content (AvgIpc) is 2.72. The zero-order valence-electron chi connectivity index (χ0n) is 17.6. The number of pyridine rings is 1. The van der Waals surface area contributed by atoms with Gasteiger partial charge in [0.15, 0.2) is 12.4 Å². The minimum Gasteiger partial charge on any atom is -0.371 e. The van der Waals surface area contributed by atoms with Crippen LogP contribution in [0.5, 0.6) is 0 Å². The molecule has 0 aliphatic carbocycles. The van der Waals surface area contributed by atoms with Gasteiger partial charge in [0.1, 0.15) is 6.54 Å². The van der Waals surface area contributed by atoms with Gasteiger partial charge in [0.05, 0.1) is 11.4 Å². The Hall–Kier alpha value is -2.23. The molecule has 0 spiro atoms. The first-order chi connectivity index (χ1) is 13.7. The molecule has 1 aromatic carbocycles. The van der Waals surface area contributed by atoms with Gasteiger partial charge < -0.3 is 4.90 Å². The van der Waals surface area contributed by atoms with Gasteiger partial charge in [-0.15, -0.1) is 0 Å². The number of nitrogens with zero attached hydrogens (tertiary/aromatic N) is 3. The lowest BCUT2D eigenvalue weighted by Gasteiger charge is -2.37. The third-order valence-corrected chi connectivity index (χ3v) is 6.16. The molecule has 2 aromatic rings. The summed E-state index contributed by atoms with van der Waals surface area (Å²) < 4.78 is 2.30. The van der Waals surface area contributed by atoms with E-state index in [-0.39, 0.29) is 0 Å². The Bertz CT molecular complexity index is 753. The van der Waals surface area contributed by atoms with E-state index in [9.17, 15) is 0 Å². The maximum atomic E-state index is 3.61. The highest BCUT2D eigenvalue weighted by Gasteiger charge is 2.24. The summed E-state index contributed by atoms with van der Waals surface area (Å²) in [4.78, 5) is 2.60. The second-order valence-electron chi connectivity index (χ2n) is 8.36. The SMILES string of the molecule is CCCCCC[n+]1ccc(N(C)Nc2cc3c4c(c2)CCCN4CCC3)cc1. The highest BCUT2D eigenvalue weighted by atomic mass is 15.5. The Morgan fingerprint density at radius 1 is 1.00 bits per heavy atom. The number of benzene rings is 1. The van der Waals surface area contributed by atoms with Gasteiger partial charge in [0.2, 0.25) is 0 Å². The molecule has 28 heavy (non-hydrogen) atoms. The van der Waals surface area contributed by atoms with Crippen LogP contribution in [0.25, 0.3) is 0 Å². The quantitative estimate of drug-likeness (QED) is 0.408. The van der Waals surface area contributed by atoms with Crippen molar-refractivity contribution >= 4 is 17.1 Å². The lowest BCUT2D eigenvalue weighted by molar-refractivity contribution is -0.697. The molecule has 4 heteroatoms. The molecule has 0 saturated carbocycles. The number of hydrazine groups is 1. The summed E-state index contributed by atoms with van der Waals surface area (Å²) in [6, 6.07) is 9.14. The fourth-order valence-electron chi connectivity index (χ4n) is 4.67. The Balaban J connectivity index is 1.42. The first-order valence-electron chi connectivity index (χ1n) is 11.1. The number of unbranched alkanes of at least 4 members (excludes halogenated alkanes) is 3. The summed E-state index contributed by atoms with van der Waals surface area (Å²) >= 11 is 0. The second kappa shape index (κ2) is 8.85. The summed E-state index contributed by atoms with van der Waals surface area (Å²) in [6.45, 7) is 5.84. The van der Waals surface area contributed by atoms with Crippen molar-refractivity contribution in [1.29, 1.82) is 0 Å². The highest BCUT2D eigenvalue weighted by molar-refractivity contribution is 5.69. The van der Waals surface area contributed by atoms with Gasteiger partial charge in [0, 0.05) is 44.4 Å². The van der Waals surface area contributed by atoms with E-state index in [2.05, 4.69) is 70.5 Å². The van der Waals surface area contributed by atoms with Crippen molar-refractivity contribution in [2.75, 3.05) is 35.5 Å². The fraction of sp³-hybridized carbons (Fsp3) is 0.542. The molecule has 3 heterocycles.